The minimum atomic E-state index is -0.330. The van der Waals surface area contributed by atoms with E-state index in [1.165, 1.54) is 0 Å². The van der Waals surface area contributed by atoms with E-state index >= 15 is 0 Å². The second-order valence-electron chi connectivity index (χ2n) is 4.51. The summed E-state index contributed by atoms with van der Waals surface area (Å²) in [6.07, 6.45) is 1.19. The van der Waals surface area contributed by atoms with E-state index in [0.717, 1.165) is 16.5 Å². The van der Waals surface area contributed by atoms with Gasteiger partial charge in [0.15, 0.2) is 5.78 Å². The molecule has 16 heavy (non-hydrogen) atoms. The van der Waals surface area contributed by atoms with Gasteiger partial charge in [-0.1, -0.05) is 41.9 Å². The molecule has 0 aromatic heterocycles. The fourth-order valence-electron chi connectivity index (χ4n) is 1.57. The SMILES string of the molecule is CC(C)CC(N)C(=O)Cc1ccc(Br)cc1. The quantitative estimate of drug-likeness (QED) is 0.903. The van der Waals surface area contributed by atoms with Crippen LogP contribution in [0.15, 0.2) is 28.7 Å². The summed E-state index contributed by atoms with van der Waals surface area (Å²) in [7, 11) is 0. The predicted molar refractivity (Wildman–Crippen MR) is 70.3 cm³/mol. The third-order valence-corrected chi connectivity index (χ3v) is 2.96. The van der Waals surface area contributed by atoms with Crippen LogP contribution in [0.25, 0.3) is 0 Å². The second-order valence-corrected chi connectivity index (χ2v) is 5.42. The lowest BCUT2D eigenvalue weighted by atomic mass is 9.97. The van der Waals surface area contributed by atoms with Crippen molar-refractivity contribution in [3.05, 3.63) is 34.3 Å². The van der Waals surface area contributed by atoms with Gasteiger partial charge in [0.2, 0.25) is 0 Å². The molecule has 1 aromatic carbocycles. The van der Waals surface area contributed by atoms with Gasteiger partial charge in [0.25, 0.3) is 0 Å². The summed E-state index contributed by atoms with van der Waals surface area (Å²) in [4.78, 5) is 11.8. The van der Waals surface area contributed by atoms with Crippen LogP contribution in [-0.2, 0) is 11.2 Å². The summed E-state index contributed by atoms with van der Waals surface area (Å²) in [6.45, 7) is 4.15. The first-order chi connectivity index (χ1) is 7.49. The zero-order valence-electron chi connectivity index (χ0n) is 9.74. The van der Waals surface area contributed by atoms with Crippen molar-refractivity contribution in [1.82, 2.24) is 0 Å². The number of hydrogen-bond donors (Lipinski definition) is 1. The van der Waals surface area contributed by atoms with Gasteiger partial charge in [-0.25, -0.2) is 0 Å². The number of ketones is 1. The molecule has 0 heterocycles. The molecule has 0 fully saturated rings. The Bertz CT molecular complexity index is 345. The standard InChI is InChI=1S/C13H18BrNO/c1-9(2)7-12(15)13(16)8-10-3-5-11(14)6-4-10/h3-6,9,12H,7-8,15H2,1-2H3. The minimum absolute atomic E-state index is 0.121. The number of halogens is 1. The van der Waals surface area contributed by atoms with Crippen LogP contribution in [0.4, 0.5) is 0 Å². The van der Waals surface area contributed by atoms with Crippen LogP contribution in [0, 0.1) is 5.92 Å². The third-order valence-electron chi connectivity index (χ3n) is 2.43. The summed E-state index contributed by atoms with van der Waals surface area (Å²) in [5.41, 5.74) is 6.86. The van der Waals surface area contributed by atoms with E-state index in [9.17, 15) is 4.79 Å². The van der Waals surface area contributed by atoms with Crippen molar-refractivity contribution in [2.75, 3.05) is 0 Å². The average Bonchev–Trinajstić information content (AvgIpc) is 2.20. The molecule has 1 atom stereocenters. The first kappa shape index (κ1) is 13.4. The minimum Gasteiger partial charge on any atom is -0.321 e. The molecule has 1 unspecified atom stereocenters. The fourth-order valence-corrected chi connectivity index (χ4v) is 1.84. The summed E-state index contributed by atoms with van der Waals surface area (Å²) in [5.74, 6) is 0.583. The number of carbonyl (C=O) groups excluding carboxylic acids is 1. The van der Waals surface area contributed by atoms with Gasteiger partial charge in [0.1, 0.15) is 0 Å². The predicted octanol–water partition coefficient (Wildman–Crippen LogP) is 2.93. The summed E-state index contributed by atoms with van der Waals surface area (Å²) in [6, 6.07) is 7.45. The van der Waals surface area contributed by atoms with Crippen LogP contribution >= 0.6 is 15.9 Å². The smallest absolute Gasteiger partial charge is 0.153 e. The Morgan fingerprint density at radius 2 is 1.88 bits per heavy atom. The molecular weight excluding hydrogens is 266 g/mol. The first-order valence-corrected chi connectivity index (χ1v) is 6.31. The van der Waals surface area contributed by atoms with Crippen molar-refractivity contribution in [1.29, 1.82) is 0 Å². The Kier molecular flexibility index (Phi) is 5.16. The summed E-state index contributed by atoms with van der Waals surface area (Å²) < 4.78 is 1.02. The van der Waals surface area contributed by atoms with E-state index in [1.54, 1.807) is 0 Å². The lowest BCUT2D eigenvalue weighted by molar-refractivity contribution is -0.120. The van der Waals surface area contributed by atoms with Crippen molar-refractivity contribution in [2.45, 2.75) is 32.7 Å². The van der Waals surface area contributed by atoms with Crippen molar-refractivity contribution in [3.8, 4) is 0 Å². The van der Waals surface area contributed by atoms with Crippen LogP contribution in [0.2, 0.25) is 0 Å². The maximum absolute atomic E-state index is 11.8. The second kappa shape index (κ2) is 6.16. The fraction of sp³-hybridized carbons (Fsp3) is 0.462. The van der Waals surface area contributed by atoms with Gasteiger partial charge >= 0.3 is 0 Å². The molecule has 0 spiro atoms. The summed E-state index contributed by atoms with van der Waals surface area (Å²) >= 11 is 3.36. The Balaban J connectivity index is 2.54. The van der Waals surface area contributed by atoms with Gasteiger partial charge in [-0.3, -0.25) is 4.79 Å². The molecule has 0 aliphatic carbocycles. The molecule has 2 nitrogen and oxygen atoms in total. The zero-order valence-corrected chi connectivity index (χ0v) is 11.3. The van der Waals surface area contributed by atoms with Crippen molar-refractivity contribution >= 4 is 21.7 Å². The molecule has 0 aliphatic heterocycles. The molecule has 3 heteroatoms. The Morgan fingerprint density at radius 3 is 2.38 bits per heavy atom. The highest BCUT2D eigenvalue weighted by molar-refractivity contribution is 9.10. The summed E-state index contributed by atoms with van der Waals surface area (Å²) in [5, 5.41) is 0. The van der Waals surface area contributed by atoms with Gasteiger partial charge in [-0.15, -0.1) is 0 Å². The van der Waals surface area contributed by atoms with E-state index in [4.69, 9.17) is 5.73 Å². The van der Waals surface area contributed by atoms with E-state index in [0.29, 0.717) is 12.3 Å². The molecule has 0 radical (unpaired) electrons. The normalized spacial score (nSPS) is 12.8. The maximum atomic E-state index is 11.8. The molecule has 0 saturated heterocycles. The van der Waals surface area contributed by atoms with Gasteiger partial charge in [0, 0.05) is 10.9 Å². The molecule has 2 N–H and O–H groups in total. The van der Waals surface area contributed by atoms with Crippen molar-refractivity contribution in [2.24, 2.45) is 11.7 Å². The monoisotopic (exact) mass is 283 g/mol. The Hall–Kier alpha value is -0.670. The topological polar surface area (TPSA) is 43.1 Å². The lowest BCUT2D eigenvalue weighted by Crippen LogP contribution is -2.33. The molecule has 0 bridgehead atoms. The Morgan fingerprint density at radius 1 is 1.31 bits per heavy atom. The van der Waals surface area contributed by atoms with Gasteiger partial charge < -0.3 is 5.73 Å². The van der Waals surface area contributed by atoms with Crippen LogP contribution in [-0.4, -0.2) is 11.8 Å². The van der Waals surface area contributed by atoms with Crippen LogP contribution < -0.4 is 5.73 Å². The number of benzene rings is 1. The van der Waals surface area contributed by atoms with Gasteiger partial charge in [0.05, 0.1) is 6.04 Å². The molecule has 1 aromatic rings. The molecular formula is C13H18BrNO. The number of hydrogen-bond acceptors (Lipinski definition) is 2. The van der Waals surface area contributed by atoms with Crippen molar-refractivity contribution < 1.29 is 4.79 Å². The van der Waals surface area contributed by atoms with E-state index in [2.05, 4.69) is 29.8 Å². The molecule has 1 rings (SSSR count). The largest absolute Gasteiger partial charge is 0.321 e. The highest BCUT2D eigenvalue weighted by atomic mass is 79.9. The molecule has 0 saturated carbocycles. The Labute approximate surface area is 105 Å². The number of carbonyl (C=O) groups is 1. The molecule has 0 amide bonds. The molecule has 0 aliphatic rings. The van der Waals surface area contributed by atoms with Crippen LogP contribution in [0.1, 0.15) is 25.8 Å². The van der Waals surface area contributed by atoms with E-state index in [-0.39, 0.29) is 11.8 Å². The van der Waals surface area contributed by atoms with Gasteiger partial charge in [-0.2, -0.15) is 0 Å². The average molecular weight is 284 g/mol. The zero-order chi connectivity index (χ0) is 12.1. The van der Waals surface area contributed by atoms with Gasteiger partial charge in [-0.05, 0) is 30.0 Å². The highest BCUT2D eigenvalue weighted by Crippen LogP contribution is 2.12. The number of nitrogens with two attached hydrogens (primary N) is 1. The lowest BCUT2D eigenvalue weighted by Gasteiger charge is -2.12. The third kappa shape index (κ3) is 4.45. The highest BCUT2D eigenvalue weighted by Gasteiger charge is 2.15. The number of Topliss-reactive ketones (excluding diaryl/α,β-unsaturated/α-hetero) is 1. The van der Waals surface area contributed by atoms with E-state index < -0.39 is 0 Å². The molecule has 88 valence electrons. The first-order valence-electron chi connectivity index (χ1n) is 5.51. The van der Waals surface area contributed by atoms with Crippen molar-refractivity contribution in [3.63, 3.8) is 0 Å². The maximum Gasteiger partial charge on any atom is 0.153 e. The number of rotatable bonds is 5. The van der Waals surface area contributed by atoms with E-state index in [1.807, 2.05) is 24.3 Å². The van der Waals surface area contributed by atoms with Crippen LogP contribution in [0.3, 0.4) is 0 Å². The van der Waals surface area contributed by atoms with Crippen LogP contribution in [0.5, 0.6) is 0 Å².